The lowest BCUT2D eigenvalue weighted by Gasteiger charge is -2.06. The summed E-state index contributed by atoms with van der Waals surface area (Å²) in [7, 11) is 0. The average molecular weight is 332 g/mol. The smallest absolute Gasteiger partial charge is 0.338 e. The van der Waals surface area contributed by atoms with E-state index < -0.39 is 16.8 Å². The van der Waals surface area contributed by atoms with Crippen molar-refractivity contribution < 1.29 is 19.2 Å². The third kappa shape index (κ3) is 3.57. The van der Waals surface area contributed by atoms with E-state index >= 15 is 0 Å². The van der Waals surface area contributed by atoms with Gasteiger partial charge in [-0.25, -0.2) is 4.79 Å². The Bertz CT molecular complexity index is 812. The van der Waals surface area contributed by atoms with E-state index in [0.717, 1.165) is 23.4 Å². The predicted octanol–water partition coefficient (Wildman–Crippen LogP) is 2.36. The number of hydrogen-bond donors (Lipinski definition) is 2. The highest BCUT2D eigenvalue weighted by Crippen LogP contribution is 2.20. The molecule has 24 heavy (non-hydrogen) atoms. The molecule has 0 saturated heterocycles. The van der Waals surface area contributed by atoms with Crippen LogP contribution in [0.1, 0.15) is 38.9 Å². The first kappa shape index (κ1) is 17.1. The van der Waals surface area contributed by atoms with Crippen LogP contribution >= 0.6 is 0 Å². The zero-order valence-corrected chi connectivity index (χ0v) is 13.4. The zero-order chi connectivity index (χ0) is 17.9. The lowest BCUT2D eigenvalue weighted by Crippen LogP contribution is -2.15. The van der Waals surface area contributed by atoms with Crippen LogP contribution in [0.4, 0.5) is 11.5 Å². The highest BCUT2D eigenvalue weighted by Gasteiger charge is 2.19. The van der Waals surface area contributed by atoms with Crippen molar-refractivity contribution >= 4 is 23.4 Å². The summed E-state index contributed by atoms with van der Waals surface area (Å²) in [6.07, 6.45) is 0. The minimum absolute atomic E-state index is 0.0349. The molecule has 9 heteroatoms. The Hall–Kier alpha value is -3.23. The molecule has 0 aliphatic rings. The third-order valence-corrected chi connectivity index (χ3v) is 3.39. The molecule has 9 nitrogen and oxygen atoms in total. The average Bonchev–Trinajstić information content (AvgIpc) is 2.86. The van der Waals surface area contributed by atoms with Crippen LogP contribution in [0.25, 0.3) is 0 Å². The highest BCUT2D eigenvalue weighted by molar-refractivity contribution is 6.06. The number of aromatic amines is 1. The Kier molecular flexibility index (Phi) is 4.93. The zero-order valence-electron chi connectivity index (χ0n) is 13.4. The number of anilines is 1. The summed E-state index contributed by atoms with van der Waals surface area (Å²) in [5.74, 6) is -1.03. The molecule has 0 spiro atoms. The second-order valence-electron chi connectivity index (χ2n) is 5.02. The van der Waals surface area contributed by atoms with Crippen molar-refractivity contribution in [2.45, 2.75) is 20.8 Å². The van der Waals surface area contributed by atoms with E-state index in [1.165, 1.54) is 6.07 Å². The summed E-state index contributed by atoms with van der Waals surface area (Å²) in [4.78, 5) is 34.5. The van der Waals surface area contributed by atoms with Gasteiger partial charge in [-0.3, -0.25) is 20.0 Å². The molecule has 2 rings (SSSR count). The van der Waals surface area contributed by atoms with Gasteiger partial charge in [0.05, 0.1) is 17.1 Å². The number of ether oxygens (including phenoxy) is 1. The number of amides is 1. The van der Waals surface area contributed by atoms with E-state index in [9.17, 15) is 19.7 Å². The van der Waals surface area contributed by atoms with E-state index in [2.05, 4.69) is 15.5 Å². The number of nitro benzene ring substituents is 1. The fraction of sp³-hybridized carbons (Fsp3) is 0.267. The van der Waals surface area contributed by atoms with Crippen molar-refractivity contribution in [2.75, 3.05) is 11.9 Å². The molecule has 0 fully saturated rings. The molecule has 0 saturated carbocycles. The molecule has 0 radical (unpaired) electrons. The number of hydrogen-bond acceptors (Lipinski definition) is 6. The maximum atomic E-state index is 12.3. The van der Waals surface area contributed by atoms with Crippen molar-refractivity contribution in [1.29, 1.82) is 0 Å². The number of H-pyrrole nitrogens is 1. The van der Waals surface area contributed by atoms with Gasteiger partial charge in [0.2, 0.25) is 0 Å². The lowest BCUT2D eigenvalue weighted by atomic mass is 10.1. The van der Waals surface area contributed by atoms with Gasteiger partial charge < -0.3 is 10.1 Å². The van der Waals surface area contributed by atoms with Gasteiger partial charge in [0.25, 0.3) is 11.6 Å². The summed E-state index contributed by atoms with van der Waals surface area (Å²) < 4.78 is 4.83. The van der Waals surface area contributed by atoms with Crippen molar-refractivity contribution in [3.63, 3.8) is 0 Å². The fourth-order valence-corrected chi connectivity index (χ4v) is 1.97. The van der Waals surface area contributed by atoms with Gasteiger partial charge in [0, 0.05) is 29.0 Å². The number of rotatable bonds is 5. The molecule has 0 aliphatic heterocycles. The molecule has 0 unspecified atom stereocenters. The second kappa shape index (κ2) is 6.90. The number of nitro groups is 1. The number of benzene rings is 1. The number of esters is 1. The fourth-order valence-electron chi connectivity index (χ4n) is 1.97. The number of carbonyl (C=O) groups is 2. The first-order valence-corrected chi connectivity index (χ1v) is 7.13. The second-order valence-corrected chi connectivity index (χ2v) is 5.02. The first-order chi connectivity index (χ1) is 11.3. The van der Waals surface area contributed by atoms with Gasteiger partial charge in [-0.15, -0.1) is 0 Å². The topological polar surface area (TPSA) is 127 Å². The van der Waals surface area contributed by atoms with Gasteiger partial charge in [0.1, 0.15) is 0 Å². The third-order valence-electron chi connectivity index (χ3n) is 3.39. The summed E-state index contributed by atoms with van der Waals surface area (Å²) in [5, 5.41) is 20.2. The molecule has 1 aromatic heterocycles. The molecular formula is C15H16N4O5. The maximum absolute atomic E-state index is 12.3. The molecule has 0 aliphatic carbocycles. The van der Waals surface area contributed by atoms with Crippen LogP contribution in [0.3, 0.4) is 0 Å². The Labute approximate surface area is 137 Å². The minimum atomic E-state index is -0.734. The largest absolute Gasteiger partial charge is 0.462 e. The Morgan fingerprint density at radius 2 is 1.96 bits per heavy atom. The maximum Gasteiger partial charge on any atom is 0.338 e. The number of non-ortho nitro benzene ring substituents is 1. The number of nitrogens with one attached hydrogen (secondary N) is 2. The van der Waals surface area contributed by atoms with E-state index in [1.807, 2.05) is 0 Å². The number of aryl methyl sites for hydroxylation is 1. The Balaban J connectivity index is 2.37. The standard InChI is InChI=1S/C15H16N4O5/c1-4-24-15(21)11-5-10(6-12(7-11)19(22)23)14(20)16-13-8(2)9(3)17-18-13/h5-7H,4H2,1-3H3,(H2,16,17,18,20). The van der Waals surface area contributed by atoms with Gasteiger partial charge in [-0.2, -0.15) is 5.10 Å². The SMILES string of the molecule is CCOC(=O)c1cc(C(=O)Nc2n[nH]c(C)c2C)cc([N+](=O)[O-])c1. The van der Waals surface area contributed by atoms with Crippen LogP contribution in [-0.2, 0) is 4.74 Å². The van der Waals surface area contributed by atoms with Crippen LogP contribution in [0.5, 0.6) is 0 Å². The van der Waals surface area contributed by atoms with Gasteiger partial charge in [0.15, 0.2) is 5.82 Å². The first-order valence-electron chi connectivity index (χ1n) is 7.13. The lowest BCUT2D eigenvalue weighted by molar-refractivity contribution is -0.384. The van der Waals surface area contributed by atoms with Crippen LogP contribution in [0.2, 0.25) is 0 Å². The Morgan fingerprint density at radius 1 is 1.29 bits per heavy atom. The summed E-state index contributed by atoms with van der Waals surface area (Å²) >= 11 is 0. The summed E-state index contributed by atoms with van der Waals surface area (Å²) in [6, 6.07) is 3.40. The molecule has 126 valence electrons. The molecule has 2 N–H and O–H groups in total. The molecule has 1 amide bonds. The van der Waals surface area contributed by atoms with E-state index in [0.29, 0.717) is 5.82 Å². The van der Waals surface area contributed by atoms with Crippen LogP contribution in [0, 0.1) is 24.0 Å². The number of nitrogens with zero attached hydrogens (tertiary/aromatic N) is 2. The normalized spacial score (nSPS) is 10.3. The highest BCUT2D eigenvalue weighted by atomic mass is 16.6. The molecular weight excluding hydrogens is 316 g/mol. The summed E-state index contributed by atoms with van der Waals surface area (Å²) in [6.45, 7) is 5.30. The molecule has 0 atom stereocenters. The minimum Gasteiger partial charge on any atom is -0.462 e. The van der Waals surface area contributed by atoms with Crippen molar-refractivity contribution in [3.8, 4) is 0 Å². The van der Waals surface area contributed by atoms with Crippen LogP contribution in [-0.4, -0.2) is 33.6 Å². The van der Waals surface area contributed by atoms with Crippen molar-refractivity contribution in [1.82, 2.24) is 10.2 Å². The van der Waals surface area contributed by atoms with Crippen LogP contribution in [0.15, 0.2) is 18.2 Å². The van der Waals surface area contributed by atoms with E-state index in [4.69, 9.17) is 4.74 Å². The van der Waals surface area contributed by atoms with Crippen molar-refractivity contribution in [3.05, 3.63) is 50.7 Å². The van der Waals surface area contributed by atoms with Gasteiger partial charge >= 0.3 is 5.97 Å². The predicted molar refractivity (Wildman–Crippen MR) is 85.1 cm³/mol. The van der Waals surface area contributed by atoms with Gasteiger partial charge in [-0.05, 0) is 26.8 Å². The van der Waals surface area contributed by atoms with Gasteiger partial charge in [-0.1, -0.05) is 0 Å². The molecule has 1 heterocycles. The van der Waals surface area contributed by atoms with E-state index in [-0.39, 0.29) is 23.4 Å². The number of carbonyl (C=O) groups excluding carboxylic acids is 2. The Morgan fingerprint density at radius 3 is 2.50 bits per heavy atom. The van der Waals surface area contributed by atoms with E-state index in [1.54, 1.807) is 20.8 Å². The summed E-state index contributed by atoms with van der Waals surface area (Å²) in [5.41, 5.74) is 1.06. The van der Waals surface area contributed by atoms with Crippen molar-refractivity contribution in [2.24, 2.45) is 0 Å². The number of aromatic nitrogens is 2. The monoisotopic (exact) mass is 332 g/mol. The molecule has 2 aromatic rings. The van der Waals surface area contributed by atoms with Crippen LogP contribution < -0.4 is 5.32 Å². The molecule has 0 bridgehead atoms. The molecule has 1 aromatic carbocycles. The quantitative estimate of drug-likeness (QED) is 0.491.